The van der Waals surface area contributed by atoms with E-state index in [1.807, 2.05) is 0 Å². The van der Waals surface area contributed by atoms with E-state index in [-0.39, 0.29) is 16.0 Å². The van der Waals surface area contributed by atoms with Gasteiger partial charge in [-0.25, -0.2) is 13.1 Å². The Morgan fingerprint density at radius 3 is 2.80 bits per heavy atom. The minimum atomic E-state index is -3.77. The molecular formula is C10H6ClN3O4S2. The highest BCUT2D eigenvalue weighted by Gasteiger charge is 2.20. The fourth-order valence-corrected chi connectivity index (χ4v) is 3.80. The molecule has 0 aliphatic heterocycles. The molecule has 3 heterocycles. The Bertz CT molecular complexity index is 822. The number of anilines is 1. The molecule has 0 aliphatic rings. The van der Waals surface area contributed by atoms with E-state index in [4.69, 9.17) is 20.5 Å². The van der Waals surface area contributed by atoms with E-state index >= 15 is 0 Å². The number of nitrogens with zero attached hydrogens (tertiary/aromatic N) is 2. The summed E-state index contributed by atoms with van der Waals surface area (Å²) in [6.45, 7) is 0. The van der Waals surface area contributed by atoms with Gasteiger partial charge in [0.25, 0.3) is 21.9 Å². The summed E-state index contributed by atoms with van der Waals surface area (Å²) in [4.78, 5) is 3.91. The highest BCUT2D eigenvalue weighted by molar-refractivity contribution is 7.94. The standard InChI is InChI=1S/C10H6ClN3O4S2/c11-7-1-2-8(19-7)20(15,16)14-10-12-9(18-13-10)6-3-4-17-5-6/h1-5H,(H,13,14). The quantitative estimate of drug-likeness (QED) is 0.789. The lowest BCUT2D eigenvalue weighted by atomic mass is 10.3. The molecule has 0 bridgehead atoms. The SMILES string of the molecule is O=S(=O)(Nc1noc(-c2ccoc2)n1)c1ccc(Cl)s1. The van der Waals surface area contributed by atoms with Crippen LogP contribution in [0.1, 0.15) is 0 Å². The van der Waals surface area contributed by atoms with Crippen molar-refractivity contribution in [2.75, 3.05) is 4.72 Å². The zero-order valence-electron chi connectivity index (χ0n) is 9.61. The van der Waals surface area contributed by atoms with Gasteiger partial charge in [-0.1, -0.05) is 11.6 Å². The van der Waals surface area contributed by atoms with Crippen LogP contribution in [0.2, 0.25) is 4.34 Å². The number of aromatic nitrogens is 2. The predicted octanol–water partition coefficient (Wildman–Crippen LogP) is 2.85. The van der Waals surface area contributed by atoms with E-state index in [0.29, 0.717) is 9.90 Å². The van der Waals surface area contributed by atoms with Crippen molar-refractivity contribution in [2.24, 2.45) is 0 Å². The van der Waals surface area contributed by atoms with Crippen LogP contribution >= 0.6 is 22.9 Å². The molecule has 0 spiro atoms. The largest absolute Gasteiger partial charge is 0.472 e. The summed E-state index contributed by atoms with van der Waals surface area (Å²) in [5.41, 5.74) is 0.558. The molecule has 3 aromatic heterocycles. The molecular weight excluding hydrogens is 326 g/mol. The van der Waals surface area contributed by atoms with E-state index in [2.05, 4.69) is 14.9 Å². The third-order valence-corrected chi connectivity index (χ3v) is 5.28. The van der Waals surface area contributed by atoms with Gasteiger partial charge >= 0.3 is 0 Å². The van der Waals surface area contributed by atoms with Crippen LogP contribution in [0.4, 0.5) is 5.95 Å². The van der Waals surface area contributed by atoms with Gasteiger partial charge in [-0.15, -0.1) is 11.3 Å². The average molecular weight is 332 g/mol. The molecule has 0 unspecified atom stereocenters. The molecule has 20 heavy (non-hydrogen) atoms. The van der Waals surface area contributed by atoms with Gasteiger partial charge in [-0.05, 0) is 23.4 Å². The van der Waals surface area contributed by atoms with Crippen LogP contribution in [0.5, 0.6) is 0 Å². The third kappa shape index (κ3) is 2.55. The maximum Gasteiger partial charge on any atom is 0.277 e. The molecule has 10 heteroatoms. The topological polar surface area (TPSA) is 98.2 Å². The number of hydrogen-bond donors (Lipinski definition) is 1. The van der Waals surface area contributed by atoms with Gasteiger partial charge in [0.2, 0.25) is 0 Å². The highest BCUT2D eigenvalue weighted by Crippen LogP contribution is 2.27. The lowest BCUT2D eigenvalue weighted by Gasteiger charge is -1.99. The molecule has 7 nitrogen and oxygen atoms in total. The molecule has 0 saturated carbocycles. The molecule has 0 amide bonds. The van der Waals surface area contributed by atoms with Crippen molar-refractivity contribution in [3.8, 4) is 11.5 Å². The molecule has 3 rings (SSSR count). The minimum absolute atomic E-state index is 0.0668. The molecule has 1 N–H and O–H groups in total. The maximum atomic E-state index is 12.0. The van der Waals surface area contributed by atoms with Gasteiger partial charge in [0.05, 0.1) is 16.2 Å². The van der Waals surface area contributed by atoms with Crippen molar-refractivity contribution >= 4 is 38.9 Å². The lowest BCUT2D eigenvalue weighted by molar-refractivity contribution is 0.432. The molecule has 104 valence electrons. The Balaban J connectivity index is 1.85. The first kappa shape index (κ1) is 13.2. The molecule has 0 aromatic carbocycles. The van der Waals surface area contributed by atoms with Gasteiger partial charge in [0.1, 0.15) is 10.5 Å². The van der Waals surface area contributed by atoms with Gasteiger partial charge in [0.15, 0.2) is 0 Å². The van der Waals surface area contributed by atoms with E-state index < -0.39 is 10.0 Å². The van der Waals surface area contributed by atoms with Crippen LogP contribution in [0, 0.1) is 0 Å². The molecule has 0 fully saturated rings. The van der Waals surface area contributed by atoms with Gasteiger partial charge in [-0.2, -0.15) is 4.98 Å². The van der Waals surface area contributed by atoms with E-state index in [1.165, 1.54) is 24.7 Å². The summed E-state index contributed by atoms with van der Waals surface area (Å²) in [5.74, 6) is -0.00798. The fourth-order valence-electron chi connectivity index (χ4n) is 1.38. The second-order valence-electron chi connectivity index (χ2n) is 3.60. The van der Waals surface area contributed by atoms with E-state index in [1.54, 1.807) is 6.07 Å². The zero-order chi connectivity index (χ0) is 14.2. The number of hydrogen-bond acceptors (Lipinski definition) is 7. The smallest absolute Gasteiger partial charge is 0.277 e. The second-order valence-corrected chi connectivity index (χ2v) is 7.22. The first-order chi connectivity index (χ1) is 9.54. The highest BCUT2D eigenvalue weighted by atomic mass is 35.5. The number of sulfonamides is 1. The normalized spacial score (nSPS) is 11.7. The summed E-state index contributed by atoms with van der Waals surface area (Å²) in [6, 6.07) is 4.51. The summed E-state index contributed by atoms with van der Waals surface area (Å²) < 4.78 is 36.5. The van der Waals surface area contributed by atoms with Crippen LogP contribution in [0.3, 0.4) is 0 Å². The summed E-state index contributed by atoms with van der Waals surface area (Å²) in [6.07, 6.45) is 2.85. The Hall–Kier alpha value is -1.84. The predicted molar refractivity (Wildman–Crippen MR) is 72.1 cm³/mol. The third-order valence-electron chi connectivity index (χ3n) is 2.23. The van der Waals surface area contributed by atoms with Crippen molar-refractivity contribution < 1.29 is 17.4 Å². The molecule has 3 aromatic rings. The summed E-state index contributed by atoms with van der Waals surface area (Å²) in [7, 11) is -3.77. The number of nitrogens with one attached hydrogen (secondary N) is 1. The number of furan rings is 1. The Kier molecular flexibility index (Phi) is 3.24. The van der Waals surface area contributed by atoms with Gasteiger partial charge in [-0.3, -0.25) is 0 Å². The van der Waals surface area contributed by atoms with Crippen molar-refractivity contribution in [1.82, 2.24) is 10.1 Å². The molecule has 0 atom stereocenters. The second kappa shape index (κ2) is 4.93. The first-order valence-corrected chi connectivity index (χ1v) is 7.87. The van der Waals surface area contributed by atoms with Crippen molar-refractivity contribution in [2.45, 2.75) is 4.21 Å². The summed E-state index contributed by atoms with van der Waals surface area (Å²) in [5, 5.41) is 3.54. The zero-order valence-corrected chi connectivity index (χ0v) is 12.0. The Morgan fingerprint density at radius 2 is 2.15 bits per heavy atom. The van der Waals surface area contributed by atoms with Crippen molar-refractivity contribution in [1.29, 1.82) is 0 Å². The van der Waals surface area contributed by atoms with Crippen LogP contribution < -0.4 is 4.72 Å². The maximum absolute atomic E-state index is 12.0. The Morgan fingerprint density at radius 1 is 1.30 bits per heavy atom. The monoisotopic (exact) mass is 331 g/mol. The van der Waals surface area contributed by atoms with Crippen molar-refractivity contribution in [3.63, 3.8) is 0 Å². The van der Waals surface area contributed by atoms with Crippen LogP contribution in [0.15, 0.2) is 43.9 Å². The molecule has 0 aliphatic carbocycles. The van der Waals surface area contributed by atoms with Gasteiger partial charge in [0, 0.05) is 0 Å². The van der Waals surface area contributed by atoms with Crippen LogP contribution in [-0.2, 0) is 10.0 Å². The van der Waals surface area contributed by atoms with E-state index in [9.17, 15) is 8.42 Å². The first-order valence-electron chi connectivity index (χ1n) is 5.19. The van der Waals surface area contributed by atoms with E-state index in [0.717, 1.165) is 11.3 Å². The summed E-state index contributed by atoms with van der Waals surface area (Å²) >= 11 is 6.64. The fraction of sp³-hybridized carbons (Fsp3) is 0. The van der Waals surface area contributed by atoms with Crippen molar-refractivity contribution in [3.05, 3.63) is 35.1 Å². The average Bonchev–Trinajstić information content (AvgIpc) is 3.06. The van der Waals surface area contributed by atoms with Crippen LogP contribution in [0.25, 0.3) is 11.5 Å². The van der Waals surface area contributed by atoms with Gasteiger partial charge < -0.3 is 8.94 Å². The lowest BCUT2D eigenvalue weighted by Crippen LogP contribution is -2.12. The number of thiophene rings is 1. The number of rotatable bonds is 4. The number of halogens is 1. The van der Waals surface area contributed by atoms with Crippen LogP contribution in [-0.4, -0.2) is 18.6 Å². The molecule has 0 saturated heterocycles. The molecule has 0 radical (unpaired) electrons. The Labute approximate surface area is 122 Å². The minimum Gasteiger partial charge on any atom is -0.472 e.